The highest BCUT2D eigenvalue weighted by molar-refractivity contribution is 5.71. The van der Waals surface area contributed by atoms with Crippen LogP contribution >= 0.6 is 0 Å². The maximum absolute atomic E-state index is 12.9. The van der Waals surface area contributed by atoms with E-state index >= 15 is 0 Å². The highest BCUT2D eigenvalue weighted by atomic mass is 16.6. The molecule has 0 fully saturated rings. The molecule has 0 N–H and O–H groups in total. The van der Waals surface area contributed by atoms with Gasteiger partial charge in [-0.25, -0.2) is 0 Å². The second-order valence-corrected chi connectivity index (χ2v) is 20.9. The molecule has 0 aromatic heterocycles. The molecule has 0 saturated heterocycles. The number of allylic oxidation sites excluding steroid dienone is 20. The Morgan fingerprint density at radius 1 is 0.273 bits per heavy atom. The number of carbonyl (C=O) groups is 3. The molecule has 0 bridgehead atoms. The van der Waals surface area contributed by atoms with Crippen molar-refractivity contribution < 1.29 is 28.6 Å². The minimum absolute atomic E-state index is 0.0844. The summed E-state index contributed by atoms with van der Waals surface area (Å²) in [5.74, 6) is -0.897. The molecule has 1 atom stereocenters. The minimum atomic E-state index is -0.789. The highest BCUT2D eigenvalue weighted by Gasteiger charge is 2.19. The Balaban J connectivity index is 4.33. The van der Waals surface area contributed by atoms with Gasteiger partial charge in [-0.05, 0) is 109 Å². The Labute approximate surface area is 475 Å². The van der Waals surface area contributed by atoms with Crippen molar-refractivity contribution in [1.82, 2.24) is 0 Å². The molecule has 6 nitrogen and oxygen atoms in total. The molecule has 0 aliphatic carbocycles. The van der Waals surface area contributed by atoms with E-state index in [1.807, 2.05) is 0 Å². The zero-order valence-electron chi connectivity index (χ0n) is 50.2. The van der Waals surface area contributed by atoms with Crippen molar-refractivity contribution in [2.24, 2.45) is 0 Å². The summed E-state index contributed by atoms with van der Waals surface area (Å²) in [6, 6.07) is 0. The maximum atomic E-state index is 12.9. The normalized spacial score (nSPS) is 12.9. The summed E-state index contributed by atoms with van der Waals surface area (Å²) in [6.07, 6.45) is 89.1. The number of hydrogen-bond donors (Lipinski definition) is 0. The van der Waals surface area contributed by atoms with Crippen molar-refractivity contribution >= 4 is 17.9 Å². The Kier molecular flexibility index (Phi) is 60.8. The molecule has 0 spiro atoms. The molecule has 1 unspecified atom stereocenters. The SMILES string of the molecule is CC/C=C\C/C=C\C/C=C\C/C=C\C/C=C\CCCCCCCCCCCC(=O)OCC(COC(=O)CCCCCCCCCCCCC)OC(=O)CCCCCCCCC/C=C\C/C=C\C/C=C\C/C=C\C/C=C\CC. The van der Waals surface area contributed by atoms with Gasteiger partial charge < -0.3 is 14.2 Å². The van der Waals surface area contributed by atoms with Crippen LogP contribution in [0, 0.1) is 0 Å². The van der Waals surface area contributed by atoms with Crippen LogP contribution < -0.4 is 0 Å². The van der Waals surface area contributed by atoms with E-state index in [2.05, 4.69) is 142 Å². The molecule has 0 aliphatic rings. The Bertz CT molecular complexity index is 1600. The van der Waals surface area contributed by atoms with E-state index < -0.39 is 6.10 Å². The summed E-state index contributed by atoms with van der Waals surface area (Å²) < 4.78 is 16.9. The first-order valence-electron chi connectivity index (χ1n) is 32.0. The van der Waals surface area contributed by atoms with Gasteiger partial charge in [0.05, 0.1) is 0 Å². The molecule has 77 heavy (non-hydrogen) atoms. The van der Waals surface area contributed by atoms with Crippen LogP contribution in [0.1, 0.15) is 290 Å². The van der Waals surface area contributed by atoms with Gasteiger partial charge in [-0.3, -0.25) is 14.4 Å². The fourth-order valence-electron chi connectivity index (χ4n) is 8.73. The molecule has 0 saturated carbocycles. The van der Waals surface area contributed by atoms with Crippen LogP contribution in [-0.4, -0.2) is 37.2 Å². The van der Waals surface area contributed by atoms with Gasteiger partial charge in [-0.1, -0.05) is 284 Å². The molecule has 0 aromatic rings. The van der Waals surface area contributed by atoms with Crippen LogP contribution in [0.4, 0.5) is 0 Å². The van der Waals surface area contributed by atoms with Gasteiger partial charge in [-0.15, -0.1) is 0 Å². The number of unbranched alkanes of at least 4 members (excludes halogenated alkanes) is 26. The second-order valence-electron chi connectivity index (χ2n) is 20.9. The number of esters is 3. The third-order valence-electron chi connectivity index (χ3n) is 13.5. The van der Waals surface area contributed by atoms with Crippen molar-refractivity contribution in [3.63, 3.8) is 0 Å². The number of hydrogen-bond acceptors (Lipinski definition) is 6. The van der Waals surface area contributed by atoms with E-state index in [4.69, 9.17) is 14.2 Å². The predicted molar refractivity (Wildman–Crippen MR) is 334 cm³/mol. The molecule has 6 heteroatoms. The first-order chi connectivity index (χ1) is 38.0. The molecule has 0 amide bonds. The smallest absolute Gasteiger partial charge is 0.306 e. The lowest BCUT2D eigenvalue weighted by atomic mass is 10.1. The number of rotatable bonds is 57. The Hall–Kier alpha value is -4.19. The van der Waals surface area contributed by atoms with Gasteiger partial charge in [0, 0.05) is 19.3 Å². The monoisotopic (exact) mass is 1070 g/mol. The molecule has 0 aliphatic heterocycles. The Morgan fingerprint density at radius 2 is 0.506 bits per heavy atom. The van der Waals surface area contributed by atoms with Crippen LogP contribution in [0.5, 0.6) is 0 Å². The average molecular weight is 1070 g/mol. The van der Waals surface area contributed by atoms with Crippen molar-refractivity contribution in [2.75, 3.05) is 13.2 Å². The summed E-state index contributed by atoms with van der Waals surface area (Å²) in [4.78, 5) is 38.3. The minimum Gasteiger partial charge on any atom is -0.462 e. The fourth-order valence-corrected chi connectivity index (χ4v) is 8.73. The molecule has 0 radical (unpaired) electrons. The van der Waals surface area contributed by atoms with E-state index in [-0.39, 0.29) is 31.1 Å². The number of ether oxygens (including phenoxy) is 3. The van der Waals surface area contributed by atoms with Gasteiger partial charge in [0.25, 0.3) is 0 Å². The summed E-state index contributed by atoms with van der Waals surface area (Å²) in [5.41, 5.74) is 0. The highest BCUT2D eigenvalue weighted by Crippen LogP contribution is 2.16. The van der Waals surface area contributed by atoms with Gasteiger partial charge >= 0.3 is 17.9 Å². The maximum Gasteiger partial charge on any atom is 0.306 e. The lowest BCUT2D eigenvalue weighted by Gasteiger charge is -2.18. The van der Waals surface area contributed by atoms with Gasteiger partial charge in [-0.2, -0.15) is 0 Å². The molecule has 0 aromatic carbocycles. The lowest BCUT2D eigenvalue weighted by molar-refractivity contribution is -0.167. The van der Waals surface area contributed by atoms with Crippen LogP contribution in [0.3, 0.4) is 0 Å². The van der Waals surface area contributed by atoms with Gasteiger partial charge in [0.1, 0.15) is 13.2 Å². The third-order valence-corrected chi connectivity index (χ3v) is 13.5. The second kappa shape index (κ2) is 64.3. The lowest BCUT2D eigenvalue weighted by Crippen LogP contribution is -2.30. The summed E-state index contributed by atoms with van der Waals surface area (Å²) in [5, 5.41) is 0. The van der Waals surface area contributed by atoms with Crippen LogP contribution in [0.15, 0.2) is 122 Å². The molecule has 438 valence electrons. The summed E-state index contributed by atoms with van der Waals surface area (Å²) in [6.45, 7) is 6.41. The Morgan fingerprint density at radius 3 is 0.792 bits per heavy atom. The average Bonchev–Trinajstić information content (AvgIpc) is 3.43. The van der Waals surface area contributed by atoms with Gasteiger partial charge in [0.2, 0.25) is 0 Å². The zero-order valence-corrected chi connectivity index (χ0v) is 50.2. The molecule has 0 rings (SSSR count). The van der Waals surface area contributed by atoms with Crippen molar-refractivity contribution in [3.05, 3.63) is 122 Å². The third kappa shape index (κ3) is 62.5. The zero-order chi connectivity index (χ0) is 55.7. The first-order valence-corrected chi connectivity index (χ1v) is 32.0. The summed E-state index contributed by atoms with van der Waals surface area (Å²) >= 11 is 0. The molecular formula is C71H118O6. The van der Waals surface area contributed by atoms with E-state index in [1.54, 1.807) is 0 Å². The first kappa shape index (κ1) is 72.8. The van der Waals surface area contributed by atoms with E-state index in [0.29, 0.717) is 19.3 Å². The quantitative estimate of drug-likeness (QED) is 0.0261. The van der Waals surface area contributed by atoms with E-state index in [0.717, 1.165) is 135 Å². The van der Waals surface area contributed by atoms with Gasteiger partial charge in [0.15, 0.2) is 6.10 Å². The number of carbonyl (C=O) groups excluding carboxylic acids is 3. The van der Waals surface area contributed by atoms with Crippen LogP contribution in [-0.2, 0) is 28.6 Å². The molecular weight excluding hydrogens is 949 g/mol. The van der Waals surface area contributed by atoms with Crippen molar-refractivity contribution in [2.45, 2.75) is 297 Å². The van der Waals surface area contributed by atoms with Crippen molar-refractivity contribution in [1.29, 1.82) is 0 Å². The van der Waals surface area contributed by atoms with E-state index in [1.165, 1.54) is 116 Å². The van der Waals surface area contributed by atoms with E-state index in [9.17, 15) is 14.4 Å². The standard InChI is InChI=1S/C71H118O6/c1-4-7-10-13-16-19-22-24-26-28-30-32-34-35-37-38-40-42-44-46-49-52-55-58-61-64-70(73)76-67-68(66-75-69(72)63-60-57-54-51-48-21-18-15-12-9-6-3)77-71(74)65-62-59-56-53-50-47-45-43-41-39-36-33-31-29-27-25-23-20-17-14-11-8-5-2/h7-8,10-11,16-17,19-20,24-27,30-33,35,37,39,41,68H,4-6,9,12-15,18,21-23,28-29,34,36,38,40,42-67H2,1-3H3/b10-7-,11-8-,19-16-,20-17-,26-24-,27-25-,32-30-,33-31-,37-35-,41-39-. The molecule has 0 heterocycles. The summed E-state index contributed by atoms with van der Waals surface area (Å²) in [7, 11) is 0. The van der Waals surface area contributed by atoms with Crippen LogP contribution in [0.2, 0.25) is 0 Å². The largest absolute Gasteiger partial charge is 0.462 e. The fraction of sp³-hybridized carbons (Fsp3) is 0.676. The topological polar surface area (TPSA) is 78.9 Å². The predicted octanol–water partition coefficient (Wildman–Crippen LogP) is 22.0. The van der Waals surface area contributed by atoms with Crippen LogP contribution in [0.25, 0.3) is 0 Å². The van der Waals surface area contributed by atoms with Crippen molar-refractivity contribution in [3.8, 4) is 0 Å².